The molecule has 0 unspecified atom stereocenters. The molecule has 2 N–H and O–H groups in total. The smallest absolute Gasteiger partial charge is 0.354 e. The average molecular weight is 705 g/mol. The first kappa shape index (κ1) is 32.2. The van der Waals surface area contributed by atoms with Crippen molar-refractivity contribution >= 4 is 57.7 Å². The van der Waals surface area contributed by atoms with E-state index < -0.39 is 21.2 Å². The fraction of sp³-hybridized carbons (Fsp3) is 0. The first-order chi connectivity index (χ1) is 26.5. The quantitative estimate of drug-likeness (QED) is 0.130. The van der Waals surface area contributed by atoms with Gasteiger partial charge in [0, 0.05) is 33.3 Å². The van der Waals surface area contributed by atoms with Gasteiger partial charge in [0.15, 0.2) is 0 Å². The maximum atomic E-state index is 13.1. The third kappa shape index (κ3) is 5.46. The molecule has 2 aliphatic heterocycles. The maximum Gasteiger partial charge on any atom is 0.372 e. The summed E-state index contributed by atoms with van der Waals surface area (Å²) in [4.78, 5) is 42.0. The predicted octanol–water partition coefficient (Wildman–Crippen LogP) is 11.1. The van der Waals surface area contributed by atoms with Crippen LogP contribution >= 0.6 is 0 Å². The molecule has 10 nitrogen and oxygen atoms in total. The number of hydrogen-bond acceptors (Lipinski definition) is 6. The molecule has 0 saturated carbocycles. The maximum absolute atomic E-state index is 13.1. The Morgan fingerprint density at radius 2 is 0.685 bits per heavy atom. The van der Waals surface area contributed by atoms with Gasteiger partial charge in [0.2, 0.25) is 0 Å². The Hall–Kier alpha value is -7.72. The molecule has 258 valence electrons. The average Bonchev–Trinajstić information content (AvgIpc) is 4.03. The molecule has 5 heterocycles. The lowest BCUT2D eigenvalue weighted by Crippen LogP contribution is -1.95. The molecule has 9 rings (SSSR count). The molecule has 54 heavy (non-hydrogen) atoms. The van der Waals surface area contributed by atoms with Crippen LogP contribution in [0.3, 0.4) is 0 Å². The van der Waals surface area contributed by atoms with Crippen molar-refractivity contribution in [3.63, 3.8) is 0 Å². The molecule has 3 aromatic heterocycles. The van der Waals surface area contributed by atoms with Crippen molar-refractivity contribution in [3.8, 4) is 44.5 Å². The number of hydrogen-bond donors (Lipinski definition) is 2. The molecule has 0 spiro atoms. The van der Waals surface area contributed by atoms with Gasteiger partial charge in [0.1, 0.15) is 11.0 Å². The molecule has 0 amide bonds. The van der Waals surface area contributed by atoms with E-state index in [1.54, 1.807) is 12.2 Å². The molecule has 7 aromatic rings. The van der Waals surface area contributed by atoms with Crippen LogP contribution in [-0.4, -0.2) is 29.8 Å². The van der Waals surface area contributed by atoms with Crippen molar-refractivity contribution < 1.29 is 9.85 Å². The van der Waals surface area contributed by atoms with Gasteiger partial charge in [-0.15, -0.1) is 0 Å². The fourth-order valence-corrected chi connectivity index (χ4v) is 7.31. The zero-order chi connectivity index (χ0) is 36.8. The van der Waals surface area contributed by atoms with Crippen LogP contribution < -0.4 is 0 Å². The molecule has 0 fully saturated rings. The number of H-pyrrole nitrogens is 2. The first-order valence-corrected chi connectivity index (χ1v) is 17.2. The van der Waals surface area contributed by atoms with Crippen molar-refractivity contribution in [3.05, 3.63) is 176 Å². The van der Waals surface area contributed by atoms with Crippen molar-refractivity contribution in [2.24, 2.45) is 0 Å². The van der Waals surface area contributed by atoms with Crippen LogP contribution in [0.25, 0.3) is 90.9 Å². The summed E-state index contributed by atoms with van der Waals surface area (Å²) < 4.78 is 0. The highest BCUT2D eigenvalue weighted by molar-refractivity contribution is 6.06. The predicted molar refractivity (Wildman–Crippen MR) is 214 cm³/mol. The number of nitrogens with one attached hydrogen (secondary N) is 2. The highest BCUT2D eigenvalue weighted by Crippen LogP contribution is 2.46. The third-order valence-electron chi connectivity index (χ3n) is 9.59. The van der Waals surface area contributed by atoms with E-state index in [1.165, 1.54) is 0 Å². The molecule has 8 bridgehead atoms. The van der Waals surface area contributed by atoms with Crippen LogP contribution in [0, 0.1) is 20.2 Å². The van der Waals surface area contributed by atoms with Gasteiger partial charge in [-0.05, 0) is 58.7 Å². The molecule has 10 heteroatoms. The van der Waals surface area contributed by atoms with E-state index >= 15 is 0 Å². The Bertz CT molecular complexity index is 2670. The van der Waals surface area contributed by atoms with Crippen LogP contribution in [0.15, 0.2) is 133 Å². The monoisotopic (exact) mass is 704 g/mol. The van der Waals surface area contributed by atoms with Gasteiger partial charge in [-0.3, -0.25) is 20.2 Å². The van der Waals surface area contributed by atoms with Gasteiger partial charge in [-0.25, -0.2) is 9.97 Å². The summed E-state index contributed by atoms with van der Waals surface area (Å²) in [5, 5.41) is 26.2. The van der Waals surface area contributed by atoms with Crippen LogP contribution in [0.2, 0.25) is 0 Å². The second-order valence-corrected chi connectivity index (χ2v) is 12.8. The van der Waals surface area contributed by atoms with E-state index in [-0.39, 0.29) is 11.0 Å². The summed E-state index contributed by atoms with van der Waals surface area (Å²) in [7, 11) is 0. The lowest BCUT2D eigenvalue weighted by molar-refractivity contribution is -0.419. The summed E-state index contributed by atoms with van der Waals surface area (Å²) in [6, 6.07) is 41.9. The molecular weight excluding hydrogens is 677 g/mol. The SMILES string of the molecule is O=[N+]([O-])c1c([N+](=O)[O-])c2[nH]c1c(-c1ccccc1)c1nc(c(-c3ccccc3)c3ccc([nH]3)c(-c3ccccc3)c3nc(c2-c2ccccc2)C=C3)C=C1. The van der Waals surface area contributed by atoms with Gasteiger partial charge in [0.05, 0.1) is 32.6 Å². The number of fused-ring (bicyclic) bond motifs is 8. The molecule has 0 saturated heterocycles. The van der Waals surface area contributed by atoms with E-state index in [1.807, 2.05) is 146 Å². The summed E-state index contributed by atoms with van der Waals surface area (Å²) in [6.45, 7) is 0. The summed E-state index contributed by atoms with van der Waals surface area (Å²) >= 11 is 0. The number of rotatable bonds is 6. The van der Waals surface area contributed by atoms with E-state index in [2.05, 4.69) is 9.97 Å². The Morgan fingerprint density at radius 3 is 1.00 bits per heavy atom. The second-order valence-electron chi connectivity index (χ2n) is 12.8. The van der Waals surface area contributed by atoms with Gasteiger partial charge >= 0.3 is 11.4 Å². The molecular formula is C44H28N6O4. The Balaban J connectivity index is 1.58. The van der Waals surface area contributed by atoms with Gasteiger partial charge < -0.3 is 9.97 Å². The minimum Gasteiger partial charge on any atom is -0.354 e. The van der Waals surface area contributed by atoms with E-state index in [9.17, 15) is 20.2 Å². The fourth-order valence-electron chi connectivity index (χ4n) is 7.31. The number of aromatic amines is 2. The van der Waals surface area contributed by atoms with Crippen LogP contribution in [0.5, 0.6) is 0 Å². The summed E-state index contributed by atoms with van der Waals surface area (Å²) in [5.74, 6) is 0. The third-order valence-corrected chi connectivity index (χ3v) is 9.59. The zero-order valence-corrected chi connectivity index (χ0v) is 28.4. The molecule has 0 aliphatic carbocycles. The van der Waals surface area contributed by atoms with Crippen molar-refractivity contribution in [2.45, 2.75) is 0 Å². The Labute approximate surface area is 307 Å². The van der Waals surface area contributed by atoms with Crippen molar-refractivity contribution in [1.29, 1.82) is 0 Å². The molecule has 4 aromatic carbocycles. The van der Waals surface area contributed by atoms with Gasteiger partial charge in [0.25, 0.3) is 0 Å². The zero-order valence-electron chi connectivity index (χ0n) is 28.4. The normalized spacial score (nSPS) is 11.9. The Kier molecular flexibility index (Phi) is 7.82. The van der Waals surface area contributed by atoms with Crippen LogP contribution in [-0.2, 0) is 0 Å². The molecule has 0 atom stereocenters. The lowest BCUT2D eigenvalue weighted by Gasteiger charge is -2.06. The minimum absolute atomic E-state index is 0.0372. The first-order valence-electron chi connectivity index (χ1n) is 17.2. The van der Waals surface area contributed by atoms with Gasteiger partial charge in [-0.2, -0.15) is 0 Å². The van der Waals surface area contributed by atoms with Crippen LogP contribution in [0.4, 0.5) is 11.4 Å². The number of aromatic nitrogens is 4. The van der Waals surface area contributed by atoms with Crippen molar-refractivity contribution in [2.75, 3.05) is 0 Å². The van der Waals surface area contributed by atoms with Crippen LogP contribution in [0.1, 0.15) is 22.8 Å². The lowest BCUT2D eigenvalue weighted by atomic mass is 10.0. The highest BCUT2D eigenvalue weighted by Gasteiger charge is 2.36. The molecule has 2 aliphatic rings. The summed E-state index contributed by atoms with van der Waals surface area (Å²) in [5.41, 5.74) is 7.52. The largest absolute Gasteiger partial charge is 0.372 e. The Morgan fingerprint density at radius 1 is 0.389 bits per heavy atom. The second kappa shape index (κ2) is 13.1. The van der Waals surface area contributed by atoms with Gasteiger partial charge in [-0.1, -0.05) is 121 Å². The number of nitrogens with zero attached hydrogens (tertiary/aromatic N) is 4. The molecule has 0 radical (unpaired) electrons. The minimum atomic E-state index is -0.691. The summed E-state index contributed by atoms with van der Waals surface area (Å²) in [6.07, 6.45) is 7.34. The number of benzene rings is 4. The standard InChI is InChI=1S/C44H28N6O4/c51-49(52)43-41-39(29-17-9-3-10-18-29)35-25-23-33(46-35)37(27-13-5-1-6-14-27)31-21-22-32(45-31)38(28-15-7-2-8-16-28)34-24-26-36(47-34)40(30-19-11-4-12-20-30)42(48-41)44(43)50(53)54/h1-26,45,48H. The highest BCUT2D eigenvalue weighted by atomic mass is 16.6. The van der Waals surface area contributed by atoms with E-state index in [0.29, 0.717) is 45.0 Å². The number of nitro groups is 2. The van der Waals surface area contributed by atoms with E-state index in [4.69, 9.17) is 9.97 Å². The van der Waals surface area contributed by atoms with E-state index in [0.717, 1.165) is 33.3 Å². The topological polar surface area (TPSA) is 144 Å². The van der Waals surface area contributed by atoms with Crippen molar-refractivity contribution in [1.82, 2.24) is 19.9 Å².